The number of amides is 1. The van der Waals surface area contributed by atoms with E-state index in [9.17, 15) is 4.79 Å². The van der Waals surface area contributed by atoms with Crippen molar-refractivity contribution in [2.75, 3.05) is 18.6 Å². The molecular weight excluding hydrogens is 308 g/mol. The number of aromatic nitrogens is 1. The molecule has 1 amide bonds. The summed E-state index contributed by atoms with van der Waals surface area (Å²) in [5.74, 6) is 0.579. The number of carbonyl (C=O) groups excluding carboxylic acids is 1. The largest absolute Gasteiger partial charge is 0.495 e. The first-order valence-electron chi connectivity index (χ1n) is 6.71. The molecular formula is C15H15ClN2O2S. The first-order valence-corrected chi connectivity index (χ1v) is 7.97. The number of fused-ring (bicyclic) bond motifs is 1. The number of aryl methyl sites for hydroxylation is 1. The normalized spacial score (nSPS) is 14.0. The lowest BCUT2D eigenvalue weighted by Crippen LogP contribution is -2.36. The van der Waals surface area contributed by atoms with Crippen LogP contribution in [0.5, 0.6) is 5.75 Å². The van der Waals surface area contributed by atoms with Crippen molar-refractivity contribution in [1.29, 1.82) is 0 Å². The van der Waals surface area contributed by atoms with E-state index in [1.54, 1.807) is 23.5 Å². The van der Waals surface area contributed by atoms with Gasteiger partial charge < -0.3 is 9.64 Å². The van der Waals surface area contributed by atoms with Crippen molar-refractivity contribution in [3.8, 4) is 5.75 Å². The summed E-state index contributed by atoms with van der Waals surface area (Å²) < 4.78 is 5.42. The molecule has 0 fully saturated rings. The van der Waals surface area contributed by atoms with Gasteiger partial charge in [0.15, 0.2) is 0 Å². The Morgan fingerprint density at radius 1 is 1.48 bits per heavy atom. The summed E-state index contributed by atoms with van der Waals surface area (Å²) in [5.41, 5.74) is 2.24. The summed E-state index contributed by atoms with van der Waals surface area (Å²) >= 11 is 7.76. The van der Waals surface area contributed by atoms with E-state index >= 15 is 0 Å². The molecule has 2 aromatic rings. The Labute approximate surface area is 132 Å². The Morgan fingerprint density at radius 2 is 2.29 bits per heavy atom. The van der Waals surface area contributed by atoms with Crippen LogP contribution >= 0.6 is 22.9 Å². The predicted octanol–water partition coefficient (Wildman–Crippen LogP) is 3.71. The van der Waals surface area contributed by atoms with Crippen molar-refractivity contribution in [1.82, 2.24) is 4.98 Å². The number of anilines is 1. The summed E-state index contributed by atoms with van der Waals surface area (Å²) in [7, 11) is 1.60. The molecule has 0 saturated carbocycles. The van der Waals surface area contributed by atoms with E-state index in [0.29, 0.717) is 23.0 Å². The molecule has 0 bridgehead atoms. The van der Waals surface area contributed by atoms with Gasteiger partial charge in [-0.25, -0.2) is 4.98 Å². The van der Waals surface area contributed by atoms with E-state index in [-0.39, 0.29) is 5.91 Å². The lowest BCUT2D eigenvalue weighted by atomic mass is 10.0. The highest BCUT2D eigenvalue weighted by Crippen LogP contribution is 2.40. The van der Waals surface area contributed by atoms with Gasteiger partial charge in [-0.2, -0.15) is 0 Å². The van der Waals surface area contributed by atoms with Gasteiger partial charge in [-0.1, -0.05) is 11.6 Å². The van der Waals surface area contributed by atoms with Crippen LogP contribution in [0.15, 0.2) is 17.5 Å². The van der Waals surface area contributed by atoms with Crippen molar-refractivity contribution < 1.29 is 9.53 Å². The predicted molar refractivity (Wildman–Crippen MR) is 84.9 cm³/mol. The molecule has 0 unspecified atom stereocenters. The Kier molecular flexibility index (Phi) is 3.87. The van der Waals surface area contributed by atoms with Crippen LogP contribution in [-0.4, -0.2) is 24.5 Å². The van der Waals surface area contributed by atoms with Gasteiger partial charge in [0.1, 0.15) is 11.4 Å². The lowest BCUT2D eigenvalue weighted by molar-refractivity contribution is 0.0980. The number of ether oxygens (including phenoxy) is 1. The zero-order valence-corrected chi connectivity index (χ0v) is 13.4. The van der Waals surface area contributed by atoms with Crippen LogP contribution in [0.1, 0.15) is 27.5 Å². The molecule has 1 aliphatic heterocycles. The highest BCUT2D eigenvalue weighted by Gasteiger charge is 2.29. The zero-order valence-electron chi connectivity index (χ0n) is 11.9. The third kappa shape index (κ3) is 2.51. The highest BCUT2D eigenvalue weighted by atomic mass is 35.5. The minimum atomic E-state index is -0.0964. The van der Waals surface area contributed by atoms with Gasteiger partial charge in [-0.15, -0.1) is 11.3 Å². The summed E-state index contributed by atoms with van der Waals surface area (Å²) in [4.78, 5) is 18.8. The number of thiazole rings is 1. The van der Waals surface area contributed by atoms with E-state index in [2.05, 4.69) is 4.98 Å². The Hall–Kier alpha value is -1.59. The van der Waals surface area contributed by atoms with Gasteiger partial charge in [0.2, 0.25) is 0 Å². The van der Waals surface area contributed by atoms with Gasteiger partial charge in [0.25, 0.3) is 5.91 Å². The summed E-state index contributed by atoms with van der Waals surface area (Å²) in [6, 6.07) is 3.62. The van der Waals surface area contributed by atoms with Crippen molar-refractivity contribution in [3.63, 3.8) is 0 Å². The molecule has 110 valence electrons. The van der Waals surface area contributed by atoms with E-state index in [1.807, 2.05) is 13.0 Å². The quantitative estimate of drug-likeness (QED) is 0.846. The molecule has 1 aromatic carbocycles. The van der Waals surface area contributed by atoms with Crippen LogP contribution in [0.25, 0.3) is 0 Å². The maximum atomic E-state index is 12.7. The third-order valence-electron chi connectivity index (χ3n) is 3.57. The molecule has 0 atom stereocenters. The second-order valence-corrected chi connectivity index (χ2v) is 6.36. The van der Waals surface area contributed by atoms with Crippen molar-refractivity contribution in [2.45, 2.75) is 19.8 Å². The topological polar surface area (TPSA) is 42.4 Å². The van der Waals surface area contributed by atoms with Gasteiger partial charge in [0.05, 0.1) is 17.8 Å². The van der Waals surface area contributed by atoms with Crippen LogP contribution in [-0.2, 0) is 6.42 Å². The summed E-state index contributed by atoms with van der Waals surface area (Å²) in [6.07, 6.45) is 1.74. The van der Waals surface area contributed by atoms with E-state index in [0.717, 1.165) is 29.1 Å². The lowest BCUT2D eigenvalue weighted by Gasteiger charge is -2.31. The van der Waals surface area contributed by atoms with Crippen LogP contribution < -0.4 is 9.64 Å². The number of carbonyl (C=O) groups is 1. The minimum absolute atomic E-state index is 0.0964. The molecule has 4 nitrogen and oxygen atoms in total. The number of halogens is 1. The zero-order chi connectivity index (χ0) is 15.0. The molecule has 1 aliphatic rings. The average Bonchev–Trinajstić information content (AvgIpc) is 2.93. The van der Waals surface area contributed by atoms with Crippen molar-refractivity contribution in [2.24, 2.45) is 0 Å². The molecule has 3 rings (SSSR count). The van der Waals surface area contributed by atoms with Gasteiger partial charge in [-0.05, 0) is 37.5 Å². The number of nitrogens with zero attached hydrogens (tertiary/aromatic N) is 2. The standard InChI is InChI=1S/C15H15ClN2O2S/c1-9-17-12(8-21-9)15(19)18-7-3-4-10-11(16)5-6-13(20-2)14(10)18/h5-6,8H,3-4,7H2,1-2H3. The number of methoxy groups -OCH3 is 1. The smallest absolute Gasteiger partial charge is 0.277 e. The fourth-order valence-electron chi connectivity index (χ4n) is 2.62. The molecule has 0 radical (unpaired) electrons. The Bertz CT molecular complexity index is 699. The van der Waals surface area contributed by atoms with E-state index in [4.69, 9.17) is 16.3 Å². The SMILES string of the molecule is COc1ccc(Cl)c2c1N(C(=O)c1csc(C)n1)CCC2. The molecule has 6 heteroatoms. The van der Waals surface area contributed by atoms with Crippen LogP contribution in [0.4, 0.5) is 5.69 Å². The summed E-state index contributed by atoms with van der Waals surface area (Å²) in [5, 5.41) is 3.36. The van der Waals surface area contributed by atoms with E-state index < -0.39 is 0 Å². The van der Waals surface area contributed by atoms with Gasteiger partial charge >= 0.3 is 0 Å². The number of hydrogen-bond acceptors (Lipinski definition) is 4. The maximum absolute atomic E-state index is 12.7. The first kappa shape index (κ1) is 14.4. The van der Waals surface area contributed by atoms with Gasteiger partial charge in [-0.3, -0.25) is 4.79 Å². The fourth-order valence-corrected chi connectivity index (χ4v) is 3.45. The Morgan fingerprint density at radius 3 is 2.95 bits per heavy atom. The number of hydrogen-bond donors (Lipinski definition) is 0. The van der Waals surface area contributed by atoms with Crippen LogP contribution in [0.2, 0.25) is 5.02 Å². The maximum Gasteiger partial charge on any atom is 0.277 e. The van der Waals surface area contributed by atoms with Crippen molar-refractivity contribution >= 4 is 34.5 Å². The average molecular weight is 323 g/mol. The van der Waals surface area contributed by atoms with Crippen LogP contribution in [0, 0.1) is 6.92 Å². The van der Waals surface area contributed by atoms with Crippen molar-refractivity contribution in [3.05, 3.63) is 38.8 Å². The first-order chi connectivity index (χ1) is 10.1. The fraction of sp³-hybridized carbons (Fsp3) is 0.333. The monoisotopic (exact) mass is 322 g/mol. The highest BCUT2D eigenvalue weighted by molar-refractivity contribution is 7.09. The second kappa shape index (κ2) is 5.66. The Balaban J connectivity index is 2.08. The number of benzene rings is 1. The molecule has 21 heavy (non-hydrogen) atoms. The minimum Gasteiger partial charge on any atom is -0.495 e. The third-order valence-corrected chi connectivity index (χ3v) is 4.70. The molecule has 2 heterocycles. The molecule has 0 N–H and O–H groups in total. The molecule has 1 aromatic heterocycles. The molecule has 0 spiro atoms. The second-order valence-electron chi connectivity index (χ2n) is 4.89. The molecule has 0 saturated heterocycles. The molecule has 0 aliphatic carbocycles. The van der Waals surface area contributed by atoms with Crippen LogP contribution in [0.3, 0.4) is 0 Å². The van der Waals surface area contributed by atoms with E-state index in [1.165, 1.54) is 11.3 Å². The number of rotatable bonds is 2. The van der Waals surface area contributed by atoms with Gasteiger partial charge in [0, 0.05) is 16.9 Å². The summed E-state index contributed by atoms with van der Waals surface area (Å²) in [6.45, 7) is 2.54.